The number of esters is 1. The van der Waals surface area contributed by atoms with Gasteiger partial charge in [0.1, 0.15) is 5.75 Å². The molecule has 0 fully saturated rings. The van der Waals surface area contributed by atoms with E-state index in [0.717, 1.165) is 12.8 Å². The molecule has 180 valence electrons. The Hall–Kier alpha value is -3.81. The lowest BCUT2D eigenvalue weighted by molar-refractivity contribution is -0.139. The first-order valence-electron chi connectivity index (χ1n) is 11.5. The Bertz CT molecular complexity index is 1030. The molecule has 2 aromatic rings. The first-order valence-corrected chi connectivity index (χ1v) is 11.5. The fourth-order valence-electron chi connectivity index (χ4n) is 3.71. The largest absolute Gasteiger partial charge is 0.484 e. The molecule has 0 radical (unpaired) electrons. The molecule has 0 saturated heterocycles. The number of urea groups is 1. The summed E-state index contributed by atoms with van der Waals surface area (Å²) in [7, 11) is 0. The fourth-order valence-corrected chi connectivity index (χ4v) is 3.71. The molecular formula is C26H31N3O5. The van der Waals surface area contributed by atoms with E-state index >= 15 is 0 Å². The number of nitrogens with zero attached hydrogens (tertiary/aromatic N) is 1. The molecule has 0 bridgehead atoms. The smallest absolute Gasteiger partial charge is 0.338 e. The molecule has 1 unspecified atom stereocenters. The van der Waals surface area contributed by atoms with Crippen molar-refractivity contribution < 1.29 is 23.9 Å². The molecule has 1 aliphatic rings. The molecule has 2 aromatic carbocycles. The minimum atomic E-state index is -0.643. The first kappa shape index (κ1) is 24.8. The molecular weight excluding hydrogens is 434 g/mol. The summed E-state index contributed by atoms with van der Waals surface area (Å²) < 4.78 is 10.7. The van der Waals surface area contributed by atoms with Crippen LogP contribution in [0.15, 0.2) is 65.9 Å². The summed E-state index contributed by atoms with van der Waals surface area (Å²) in [5.41, 5.74) is 2.29. The van der Waals surface area contributed by atoms with Crippen molar-refractivity contribution in [2.24, 2.45) is 0 Å². The molecule has 8 nitrogen and oxygen atoms in total. The van der Waals surface area contributed by atoms with Crippen LogP contribution in [0, 0.1) is 0 Å². The summed E-state index contributed by atoms with van der Waals surface area (Å²) in [5.74, 6) is -0.137. The van der Waals surface area contributed by atoms with Crippen molar-refractivity contribution in [1.82, 2.24) is 10.2 Å². The Morgan fingerprint density at radius 1 is 1.06 bits per heavy atom. The lowest BCUT2D eigenvalue weighted by Crippen LogP contribution is -2.48. The lowest BCUT2D eigenvalue weighted by Gasteiger charge is -2.35. The number of amides is 3. The van der Waals surface area contributed by atoms with E-state index in [-0.39, 0.29) is 25.2 Å². The van der Waals surface area contributed by atoms with Gasteiger partial charge in [0, 0.05) is 17.9 Å². The Labute approximate surface area is 199 Å². The second kappa shape index (κ2) is 11.9. The number of hydrogen-bond acceptors (Lipinski definition) is 5. The molecule has 8 heteroatoms. The third kappa shape index (κ3) is 6.15. The van der Waals surface area contributed by atoms with E-state index in [2.05, 4.69) is 10.6 Å². The van der Waals surface area contributed by atoms with E-state index in [1.165, 1.54) is 0 Å². The molecule has 2 N–H and O–H groups in total. The van der Waals surface area contributed by atoms with Gasteiger partial charge in [0.2, 0.25) is 0 Å². The van der Waals surface area contributed by atoms with Crippen molar-refractivity contribution >= 4 is 23.6 Å². The van der Waals surface area contributed by atoms with Gasteiger partial charge in [-0.15, -0.1) is 0 Å². The first-order chi connectivity index (χ1) is 16.4. The Balaban J connectivity index is 1.74. The number of nitrogens with one attached hydrogen (secondary N) is 2. The summed E-state index contributed by atoms with van der Waals surface area (Å²) in [6.07, 6.45) is 1.76. The highest BCUT2D eigenvalue weighted by Crippen LogP contribution is 2.32. The number of carbonyl (C=O) groups excluding carboxylic acids is 3. The van der Waals surface area contributed by atoms with Crippen molar-refractivity contribution in [3.63, 3.8) is 0 Å². The summed E-state index contributed by atoms with van der Waals surface area (Å²) >= 11 is 0. The molecule has 1 heterocycles. The van der Waals surface area contributed by atoms with E-state index < -0.39 is 12.0 Å². The summed E-state index contributed by atoms with van der Waals surface area (Å²) in [4.78, 5) is 39.4. The van der Waals surface area contributed by atoms with Crippen LogP contribution >= 0.6 is 0 Å². The Morgan fingerprint density at radius 3 is 2.41 bits per heavy atom. The second-order valence-corrected chi connectivity index (χ2v) is 7.88. The SMILES string of the molecule is CCCCN1C(=O)NC(c2ccc(NC(=O)COc3ccccc3)cc2)C(C(=O)OCC)=C1C. The maximum Gasteiger partial charge on any atom is 0.338 e. The summed E-state index contributed by atoms with van der Waals surface area (Å²) in [6.45, 7) is 6.21. The molecule has 1 atom stereocenters. The van der Waals surface area contributed by atoms with Crippen molar-refractivity contribution in [2.75, 3.05) is 25.1 Å². The van der Waals surface area contributed by atoms with Crippen molar-refractivity contribution in [3.8, 4) is 5.75 Å². The van der Waals surface area contributed by atoms with E-state index in [1.807, 2.05) is 25.1 Å². The maximum absolute atomic E-state index is 12.8. The molecule has 1 aliphatic heterocycles. The number of carbonyl (C=O) groups is 3. The average molecular weight is 466 g/mol. The van der Waals surface area contributed by atoms with Crippen LogP contribution in [0.5, 0.6) is 5.75 Å². The quantitative estimate of drug-likeness (QED) is 0.507. The van der Waals surface area contributed by atoms with Crippen LogP contribution in [0.2, 0.25) is 0 Å². The number of benzene rings is 2. The lowest BCUT2D eigenvalue weighted by atomic mass is 9.94. The van der Waals surface area contributed by atoms with Crippen LogP contribution in [0.25, 0.3) is 0 Å². The van der Waals surface area contributed by atoms with Gasteiger partial charge >= 0.3 is 12.0 Å². The Kier molecular flexibility index (Phi) is 8.67. The number of ether oxygens (including phenoxy) is 2. The predicted molar refractivity (Wildman–Crippen MR) is 129 cm³/mol. The number of hydrogen-bond donors (Lipinski definition) is 2. The van der Waals surface area contributed by atoms with E-state index in [4.69, 9.17) is 9.47 Å². The zero-order valence-corrected chi connectivity index (χ0v) is 19.8. The molecule has 34 heavy (non-hydrogen) atoms. The van der Waals surface area contributed by atoms with Crippen molar-refractivity contribution in [2.45, 2.75) is 39.7 Å². The molecule has 0 aromatic heterocycles. The van der Waals surface area contributed by atoms with Gasteiger partial charge in [-0.2, -0.15) is 0 Å². The predicted octanol–water partition coefficient (Wildman–Crippen LogP) is 4.41. The van der Waals surface area contributed by atoms with Gasteiger partial charge in [-0.3, -0.25) is 9.69 Å². The monoisotopic (exact) mass is 465 g/mol. The summed E-state index contributed by atoms with van der Waals surface area (Å²) in [5, 5.41) is 5.71. The standard InChI is InChI=1S/C26H31N3O5/c1-4-6-16-29-18(3)23(25(31)33-5-2)24(28-26(29)32)19-12-14-20(15-13-19)27-22(30)17-34-21-10-8-7-9-11-21/h7-15,24H,4-6,16-17H2,1-3H3,(H,27,30)(H,28,32). The third-order valence-corrected chi connectivity index (χ3v) is 5.47. The topological polar surface area (TPSA) is 97.0 Å². The minimum absolute atomic E-state index is 0.118. The number of allylic oxidation sites excluding steroid dienone is 1. The van der Waals surface area contributed by atoms with Crippen LogP contribution in [0.4, 0.5) is 10.5 Å². The molecule has 0 saturated carbocycles. The van der Waals surface area contributed by atoms with Crippen LogP contribution in [-0.2, 0) is 14.3 Å². The number of anilines is 1. The highest BCUT2D eigenvalue weighted by Gasteiger charge is 2.36. The van der Waals surface area contributed by atoms with Gasteiger partial charge in [0.05, 0.1) is 18.2 Å². The zero-order valence-electron chi connectivity index (χ0n) is 19.8. The number of para-hydroxylation sites is 1. The molecule has 3 amide bonds. The molecule has 3 rings (SSSR count). The van der Waals surface area contributed by atoms with Crippen molar-refractivity contribution in [3.05, 3.63) is 71.4 Å². The van der Waals surface area contributed by atoms with Crippen LogP contribution in [0.3, 0.4) is 0 Å². The minimum Gasteiger partial charge on any atom is -0.484 e. The normalized spacial score (nSPS) is 15.6. The van der Waals surface area contributed by atoms with E-state index in [0.29, 0.717) is 34.8 Å². The fraction of sp³-hybridized carbons (Fsp3) is 0.346. The maximum atomic E-state index is 12.8. The van der Waals surface area contributed by atoms with Gasteiger partial charge < -0.3 is 20.1 Å². The molecule has 0 aliphatic carbocycles. The van der Waals surface area contributed by atoms with Crippen LogP contribution in [0.1, 0.15) is 45.2 Å². The van der Waals surface area contributed by atoms with Gasteiger partial charge in [-0.05, 0) is 50.1 Å². The van der Waals surface area contributed by atoms with Gasteiger partial charge in [0.15, 0.2) is 6.61 Å². The molecule has 0 spiro atoms. The van der Waals surface area contributed by atoms with E-state index in [1.54, 1.807) is 55.1 Å². The highest BCUT2D eigenvalue weighted by atomic mass is 16.5. The number of unbranched alkanes of at least 4 members (excludes halogenated alkanes) is 1. The van der Waals surface area contributed by atoms with E-state index in [9.17, 15) is 14.4 Å². The van der Waals surface area contributed by atoms with Gasteiger partial charge in [0.25, 0.3) is 5.91 Å². The highest BCUT2D eigenvalue weighted by molar-refractivity contribution is 5.95. The number of rotatable bonds is 10. The average Bonchev–Trinajstić information content (AvgIpc) is 2.83. The van der Waals surface area contributed by atoms with Crippen molar-refractivity contribution in [1.29, 1.82) is 0 Å². The third-order valence-electron chi connectivity index (χ3n) is 5.47. The van der Waals surface area contributed by atoms with Gasteiger partial charge in [-0.1, -0.05) is 43.7 Å². The summed E-state index contributed by atoms with van der Waals surface area (Å²) in [6, 6.07) is 15.2. The van der Waals surface area contributed by atoms with Gasteiger partial charge in [-0.25, -0.2) is 9.59 Å². The Morgan fingerprint density at radius 2 is 1.76 bits per heavy atom. The van der Waals surface area contributed by atoms with Crippen LogP contribution in [-0.4, -0.2) is 42.6 Å². The second-order valence-electron chi connectivity index (χ2n) is 7.88. The zero-order chi connectivity index (χ0) is 24.5. The van der Waals surface area contributed by atoms with Crippen LogP contribution < -0.4 is 15.4 Å².